The fourth-order valence-corrected chi connectivity index (χ4v) is 0.907. The van der Waals surface area contributed by atoms with Crippen molar-refractivity contribution < 1.29 is 13.9 Å². The van der Waals surface area contributed by atoms with Gasteiger partial charge >= 0.3 is 0 Å². The van der Waals surface area contributed by atoms with Crippen LogP contribution < -0.4 is 15.2 Å². The van der Waals surface area contributed by atoms with Crippen LogP contribution in [-0.2, 0) is 0 Å². The second-order valence-electron chi connectivity index (χ2n) is 2.43. The van der Waals surface area contributed by atoms with Crippen molar-refractivity contribution in [3.63, 3.8) is 0 Å². The fourth-order valence-electron chi connectivity index (χ4n) is 0.907. The first-order valence-electron chi connectivity index (χ1n) is 3.94. The smallest absolute Gasteiger partial charge is 0.165 e. The fraction of sp³-hybridized carbons (Fsp3) is 0.333. The zero-order chi connectivity index (χ0) is 9.68. The van der Waals surface area contributed by atoms with Crippen LogP contribution in [0, 0.1) is 5.82 Å². The summed E-state index contributed by atoms with van der Waals surface area (Å²) in [6.07, 6.45) is 0. The molecule has 0 amide bonds. The molecule has 0 fully saturated rings. The van der Waals surface area contributed by atoms with Gasteiger partial charge in [-0.25, -0.2) is 4.39 Å². The van der Waals surface area contributed by atoms with Gasteiger partial charge in [0.25, 0.3) is 0 Å². The molecule has 0 unspecified atom stereocenters. The second-order valence-corrected chi connectivity index (χ2v) is 2.43. The van der Waals surface area contributed by atoms with Gasteiger partial charge in [-0.3, -0.25) is 0 Å². The van der Waals surface area contributed by atoms with Crippen LogP contribution in [0.15, 0.2) is 18.2 Å². The maximum Gasteiger partial charge on any atom is 0.165 e. The van der Waals surface area contributed by atoms with Crippen molar-refractivity contribution in [2.75, 3.05) is 20.3 Å². The molecule has 0 saturated heterocycles. The van der Waals surface area contributed by atoms with Gasteiger partial charge in [0.15, 0.2) is 11.6 Å². The third kappa shape index (κ3) is 2.59. The van der Waals surface area contributed by atoms with Crippen molar-refractivity contribution in [2.45, 2.75) is 0 Å². The summed E-state index contributed by atoms with van der Waals surface area (Å²) in [7, 11) is 1.41. The Bertz CT molecular complexity index is 278. The SMILES string of the molecule is COc1cc(OCCN)ccc1F. The van der Waals surface area contributed by atoms with Crippen LogP contribution in [0.4, 0.5) is 4.39 Å². The summed E-state index contributed by atoms with van der Waals surface area (Å²) in [4.78, 5) is 0. The number of methoxy groups -OCH3 is 1. The Morgan fingerprint density at radius 3 is 2.85 bits per heavy atom. The minimum Gasteiger partial charge on any atom is -0.494 e. The monoisotopic (exact) mass is 185 g/mol. The first-order chi connectivity index (χ1) is 6.27. The average Bonchev–Trinajstić information content (AvgIpc) is 2.16. The van der Waals surface area contributed by atoms with Crippen LogP contribution in [0.25, 0.3) is 0 Å². The highest BCUT2D eigenvalue weighted by Gasteiger charge is 2.03. The maximum atomic E-state index is 12.9. The molecule has 0 aliphatic heterocycles. The van der Waals surface area contributed by atoms with E-state index in [1.165, 1.54) is 25.3 Å². The molecule has 2 N–H and O–H groups in total. The minimum atomic E-state index is -0.400. The Kier molecular flexibility index (Phi) is 3.52. The molecule has 0 atom stereocenters. The zero-order valence-corrected chi connectivity index (χ0v) is 7.42. The first-order valence-corrected chi connectivity index (χ1v) is 3.94. The predicted molar refractivity (Wildman–Crippen MR) is 47.5 cm³/mol. The van der Waals surface area contributed by atoms with Gasteiger partial charge in [0.1, 0.15) is 12.4 Å². The lowest BCUT2D eigenvalue weighted by atomic mass is 10.3. The van der Waals surface area contributed by atoms with E-state index in [-0.39, 0.29) is 5.75 Å². The minimum absolute atomic E-state index is 0.175. The van der Waals surface area contributed by atoms with Crippen LogP contribution in [0.1, 0.15) is 0 Å². The van der Waals surface area contributed by atoms with E-state index in [0.717, 1.165) is 0 Å². The summed E-state index contributed by atoms with van der Waals surface area (Å²) in [6.45, 7) is 0.842. The molecule has 0 heterocycles. The van der Waals surface area contributed by atoms with Crippen molar-refractivity contribution in [2.24, 2.45) is 5.73 Å². The Labute approximate surface area is 76.3 Å². The van der Waals surface area contributed by atoms with E-state index in [1.807, 2.05) is 0 Å². The third-order valence-corrected chi connectivity index (χ3v) is 1.51. The summed E-state index contributed by atoms with van der Waals surface area (Å²) in [5.41, 5.74) is 5.25. The Morgan fingerprint density at radius 2 is 2.23 bits per heavy atom. The molecule has 0 aromatic heterocycles. The van der Waals surface area contributed by atoms with E-state index >= 15 is 0 Å². The molecular weight excluding hydrogens is 173 g/mol. The normalized spacial score (nSPS) is 9.77. The van der Waals surface area contributed by atoms with Crippen molar-refractivity contribution in [1.29, 1.82) is 0 Å². The molecule has 0 aliphatic rings. The van der Waals surface area contributed by atoms with E-state index in [2.05, 4.69) is 0 Å². The first kappa shape index (κ1) is 9.80. The molecule has 0 aliphatic carbocycles. The highest BCUT2D eigenvalue weighted by Crippen LogP contribution is 2.22. The lowest BCUT2D eigenvalue weighted by molar-refractivity contribution is 0.322. The molecule has 0 radical (unpaired) electrons. The van der Waals surface area contributed by atoms with E-state index in [4.69, 9.17) is 15.2 Å². The average molecular weight is 185 g/mol. The van der Waals surface area contributed by atoms with E-state index in [0.29, 0.717) is 18.9 Å². The second kappa shape index (κ2) is 4.67. The van der Waals surface area contributed by atoms with Crippen LogP contribution in [0.2, 0.25) is 0 Å². The van der Waals surface area contributed by atoms with Gasteiger partial charge in [-0.1, -0.05) is 0 Å². The lowest BCUT2D eigenvalue weighted by Gasteiger charge is -2.06. The molecular formula is C9H12FNO2. The van der Waals surface area contributed by atoms with Gasteiger partial charge < -0.3 is 15.2 Å². The predicted octanol–water partition coefficient (Wildman–Crippen LogP) is 1.17. The quantitative estimate of drug-likeness (QED) is 0.765. The summed E-state index contributed by atoms with van der Waals surface area (Å²) in [5, 5.41) is 0. The van der Waals surface area contributed by atoms with Gasteiger partial charge in [-0.15, -0.1) is 0 Å². The van der Waals surface area contributed by atoms with Crippen molar-refractivity contribution in [3.8, 4) is 11.5 Å². The number of nitrogens with two attached hydrogens (primary N) is 1. The van der Waals surface area contributed by atoms with Crippen LogP contribution in [-0.4, -0.2) is 20.3 Å². The zero-order valence-electron chi connectivity index (χ0n) is 7.42. The van der Waals surface area contributed by atoms with E-state index in [1.54, 1.807) is 0 Å². The van der Waals surface area contributed by atoms with Crippen LogP contribution in [0.5, 0.6) is 11.5 Å². The molecule has 1 aromatic carbocycles. The lowest BCUT2D eigenvalue weighted by Crippen LogP contribution is -2.10. The molecule has 72 valence electrons. The Hall–Kier alpha value is -1.29. The standard InChI is InChI=1S/C9H12FNO2/c1-12-9-6-7(13-5-4-11)2-3-8(9)10/h2-3,6H,4-5,11H2,1H3. The Morgan fingerprint density at radius 1 is 1.46 bits per heavy atom. The number of rotatable bonds is 4. The van der Waals surface area contributed by atoms with Crippen molar-refractivity contribution in [1.82, 2.24) is 0 Å². The summed E-state index contributed by atoms with van der Waals surface area (Å²) < 4.78 is 22.8. The van der Waals surface area contributed by atoms with E-state index < -0.39 is 5.82 Å². The molecule has 1 aromatic rings. The van der Waals surface area contributed by atoms with Gasteiger partial charge in [0.2, 0.25) is 0 Å². The summed E-state index contributed by atoms with van der Waals surface area (Å²) >= 11 is 0. The summed E-state index contributed by atoms with van der Waals surface area (Å²) in [6, 6.07) is 4.32. The number of halogens is 1. The maximum absolute atomic E-state index is 12.9. The molecule has 3 nitrogen and oxygen atoms in total. The topological polar surface area (TPSA) is 44.5 Å². The molecule has 4 heteroatoms. The number of benzene rings is 1. The molecule has 0 bridgehead atoms. The highest BCUT2D eigenvalue weighted by atomic mass is 19.1. The Balaban J connectivity index is 2.74. The van der Waals surface area contributed by atoms with E-state index in [9.17, 15) is 4.39 Å². The molecule has 13 heavy (non-hydrogen) atoms. The summed E-state index contributed by atoms with van der Waals surface area (Å²) in [5.74, 6) is 0.334. The molecule has 1 rings (SSSR count). The van der Waals surface area contributed by atoms with Gasteiger partial charge in [0, 0.05) is 12.6 Å². The largest absolute Gasteiger partial charge is 0.494 e. The van der Waals surface area contributed by atoms with Gasteiger partial charge in [0.05, 0.1) is 7.11 Å². The molecule has 0 spiro atoms. The third-order valence-electron chi connectivity index (χ3n) is 1.51. The van der Waals surface area contributed by atoms with Crippen LogP contribution >= 0.6 is 0 Å². The molecule has 0 saturated carbocycles. The van der Waals surface area contributed by atoms with Crippen molar-refractivity contribution in [3.05, 3.63) is 24.0 Å². The number of hydrogen-bond donors (Lipinski definition) is 1. The highest BCUT2D eigenvalue weighted by molar-refractivity contribution is 5.34. The van der Waals surface area contributed by atoms with Crippen molar-refractivity contribution >= 4 is 0 Å². The van der Waals surface area contributed by atoms with Crippen LogP contribution in [0.3, 0.4) is 0 Å². The number of ether oxygens (including phenoxy) is 2. The van der Waals surface area contributed by atoms with Gasteiger partial charge in [-0.2, -0.15) is 0 Å². The number of hydrogen-bond acceptors (Lipinski definition) is 3. The van der Waals surface area contributed by atoms with Gasteiger partial charge in [-0.05, 0) is 12.1 Å².